The highest BCUT2D eigenvalue weighted by Crippen LogP contribution is 2.32. The second kappa shape index (κ2) is 9.20. The predicted octanol–water partition coefficient (Wildman–Crippen LogP) is 2.54. The van der Waals surface area contributed by atoms with Gasteiger partial charge in [0.05, 0.1) is 30.0 Å². The molecule has 2 aliphatic heterocycles. The minimum atomic E-state index is -0.286. The molecule has 2 amide bonds. The van der Waals surface area contributed by atoms with Gasteiger partial charge in [0, 0.05) is 31.6 Å². The molecule has 0 saturated carbocycles. The van der Waals surface area contributed by atoms with Crippen molar-refractivity contribution in [2.75, 3.05) is 37.8 Å². The summed E-state index contributed by atoms with van der Waals surface area (Å²) >= 11 is 1.52. The largest absolute Gasteiger partial charge is 0.392 e. The number of carbonyl (C=O) groups is 2. The Labute approximate surface area is 181 Å². The third-order valence-electron chi connectivity index (χ3n) is 5.76. The number of thioether (sulfide) groups is 1. The molecule has 0 radical (unpaired) electrons. The topological polar surface area (TPSA) is 72.9 Å². The SMILES string of the molecule is CN(C(=O)Cc1ccc2c(c1)NC(=O)CS2)[C@H](CN1CC[C@@H](O)C1)c1ccccc1. The van der Waals surface area contributed by atoms with Crippen LogP contribution in [0.15, 0.2) is 53.4 Å². The average Bonchev–Trinajstić information content (AvgIpc) is 3.16. The number of rotatable bonds is 6. The van der Waals surface area contributed by atoms with Gasteiger partial charge in [0.1, 0.15) is 0 Å². The molecule has 4 rings (SSSR count). The number of aliphatic hydroxyl groups excluding tert-OH is 1. The lowest BCUT2D eigenvalue weighted by molar-refractivity contribution is -0.131. The first-order valence-electron chi connectivity index (χ1n) is 10.3. The van der Waals surface area contributed by atoms with Crippen molar-refractivity contribution in [1.29, 1.82) is 0 Å². The summed E-state index contributed by atoms with van der Waals surface area (Å²) in [5.41, 5.74) is 2.76. The highest BCUT2D eigenvalue weighted by molar-refractivity contribution is 8.00. The first-order valence-corrected chi connectivity index (χ1v) is 11.2. The minimum Gasteiger partial charge on any atom is -0.392 e. The predicted molar refractivity (Wildman–Crippen MR) is 119 cm³/mol. The summed E-state index contributed by atoms with van der Waals surface area (Å²) in [6.07, 6.45) is 0.764. The van der Waals surface area contributed by atoms with Crippen LogP contribution in [-0.4, -0.2) is 65.3 Å². The van der Waals surface area contributed by atoms with Crippen LogP contribution in [-0.2, 0) is 16.0 Å². The summed E-state index contributed by atoms with van der Waals surface area (Å²) in [7, 11) is 1.85. The number of fused-ring (bicyclic) bond motifs is 1. The molecule has 2 aliphatic rings. The van der Waals surface area contributed by atoms with Crippen LogP contribution in [0.2, 0.25) is 0 Å². The summed E-state index contributed by atoms with van der Waals surface area (Å²) in [6.45, 7) is 2.18. The molecule has 0 spiro atoms. The van der Waals surface area contributed by atoms with E-state index in [0.717, 1.165) is 34.7 Å². The maximum Gasteiger partial charge on any atom is 0.234 e. The van der Waals surface area contributed by atoms with E-state index < -0.39 is 0 Å². The van der Waals surface area contributed by atoms with Gasteiger partial charge in [0.2, 0.25) is 11.8 Å². The van der Waals surface area contributed by atoms with E-state index in [0.29, 0.717) is 18.8 Å². The average molecular weight is 426 g/mol. The molecule has 30 heavy (non-hydrogen) atoms. The van der Waals surface area contributed by atoms with Gasteiger partial charge in [-0.3, -0.25) is 14.5 Å². The van der Waals surface area contributed by atoms with Gasteiger partial charge in [-0.2, -0.15) is 0 Å². The number of likely N-dealkylation sites (tertiary alicyclic amines) is 1. The molecule has 0 bridgehead atoms. The van der Waals surface area contributed by atoms with E-state index in [-0.39, 0.29) is 30.4 Å². The van der Waals surface area contributed by atoms with Crippen LogP contribution >= 0.6 is 11.8 Å². The van der Waals surface area contributed by atoms with E-state index in [1.807, 2.05) is 60.5 Å². The van der Waals surface area contributed by atoms with Gasteiger partial charge < -0.3 is 15.3 Å². The van der Waals surface area contributed by atoms with Crippen LogP contribution in [0.25, 0.3) is 0 Å². The van der Waals surface area contributed by atoms with Crippen molar-refractivity contribution < 1.29 is 14.7 Å². The number of anilines is 1. The second-order valence-electron chi connectivity index (χ2n) is 7.98. The second-order valence-corrected chi connectivity index (χ2v) is 8.99. The monoisotopic (exact) mass is 425 g/mol. The van der Waals surface area contributed by atoms with E-state index in [2.05, 4.69) is 10.2 Å². The van der Waals surface area contributed by atoms with E-state index in [1.54, 1.807) is 0 Å². The Kier molecular flexibility index (Phi) is 6.41. The molecule has 158 valence electrons. The summed E-state index contributed by atoms with van der Waals surface area (Å²) < 4.78 is 0. The third kappa shape index (κ3) is 4.86. The minimum absolute atomic E-state index is 0.00923. The molecule has 1 saturated heterocycles. The molecule has 0 aromatic heterocycles. The number of aliphatic hydroxyl groups is 1. The van der Waals surface area contributed by atoms with E-state index >= 15 is 0 Å². The highest BCUT2D eigenvalue weighted by Gasteiger charge is 2.28. The Morgan fingerprint density at radius 2 is 2.10 bits per heavy atom. The molecule has 0 unspecified atom stereocenters. The number of likely N-dealkylation sites (N-methyl/N-ethyl adjacent to an activating group) is 1. The number of benzene rings is 2. The fraction of sp³-hybridized carbons (Fsp3) is 0.391. The molecule has 1 fully saturated rings. The standard InChI is InChI=1S/C23H27N3O3S/c1-25(20(17-5-3-2-4-6-17)14-26-10-9-18(27)13-26)23(29)12-16-7-8-21-19(11-16)24-22(28)15-30-21/h2-8,11,18,20,27H,9-10,12-15H2,1H3,(H,24,28)/t18-,20-/m1/s1. The molecule has 2 atom stereocenters. The van der Waals surface area contributed by atoms with Crippen molar-refractivity contribution >= 4 is 29.3 Å². The molecule has 2 aromatic rings. The highest BCUT2D eigenvalue weighted by atomic mass is 32.2. The molecule has 2 N–H and O–H groups in total. The van der Waals surface area contributed by atoms with Gasteiger partial charge >= 0.3 is 0 Å². The number of amides is 2. The smallest absolute Gasteiger partial charge is 0.234 e. The number of carbonyl (C=O) groups excluding carboxylic acids is 2. The fourth-order valence-corrected chi connectivity index (χ4v) is 4.85. The zero-order valence-corrected chi connectivity index (χ0v) is 17.9. The molecule has 0 aliphatic carbocycles. The Balaban J connectivity index is 1.49. The van der Waals surface area contributed by atoms with Crippen molar-refractivity contribution in [3.8, 4) is 0 Å². The zero-order valence-electron chi connectivity index (χ0n) is 17.1. The lowest BCUT2D eigenvalue weighted by Crippen LogP contribution is -2.39. The van der Waals surface area contributed by atoms with Gasteiger partial charge in [-0.05, 0) is 29.7 Å². The van der Waals surface area contributed by atoms with Gasteiger partial charge in [-0.1, -0.05) is 36.4 Å². The van der Waals surface area contributed by atoms with Crippen LogP contribution in [0.4, 0.5) is 5.69 Å². The molecule has 2 heterocycles. The lowest BCUT2D eigenvalue weighted by atomic mass is 10.0. The van der Waals surface area contributed by atoms with Crippen LogP contribution < -0.4 is 5.32 Å². The lowest BCUT2D eigenvalue weighted by Gasteiger charge is -2.32. The summed E-state index contributed by atoms with van der Waals surface area (Å²) in [6, 6.07) is 15.8. The first kappa shape index (κ1) is 20.9. The van der Waals surface area contributed by atoms with Crippen molar-refractivity contribution in [2.24, 2.45) is 0 Å². The first-order chi connectivity index (χ1) is 14.5. The van der Waals surface area contributed by atoms with Crippen LogP contribution in [0, 0.1) is 0 Å². The number of nitrogens with zero attached hydrogens (tertiary/aromatic N) is 2. The molecule has 6 nitrogen and oxygen atoms in total. The number of β-amino-alcohol motifs (C(OH)–C–C–N with tert-alkyl or cyclic N) is 1. The van der Waals surface area contributed by atoms with Crippen molar-refractivity contribution in [3.63, 3.8) is 0 Å². The Morgan fingerprint density at radius 1 is 1.30 bits per heavy atom. The molecule has 7 heteroatoms. The van der Waals surface area contributed by atoms with Crippen LogP contribution in [0.3, 0.4) is 0 Å². The molecular formula is C23H27N3O3S. The van der Waals surface area contributed by atoms with Crippen molar-refractivity contribution in [3.05, 3.63) is 59.7 Å². The number of hydrogen-bond donors (Lipinski definition) is 2. The number of hydrogen-bond acceptors (Lipinski definition) is 5. The van der Waals surface area contributed by atoms with Gasteiger partial charge in [-0.15, -0.1) is 11.8 Å². The Bertz CT molecular complexity index is 921. The van der Waals surface area contributed by atoms with E-state index in [1.165, 1.54) is 11.8 Å². The summed E-state index contributed by atoms with van der Waals surface area (Å²) in [5, 5.41) is 12.8. The third-order valence-corrected chi connectivity index (χ3v) is 6.83. The van der Waals surface area contributed by atoms with E-state index in [4.69, 9.17) is 0 Å². The van der Waals surface area contributed by atoms with E-state index in [9.17, 15) is 14.7 Å². The van der Waals surface area contributed by atoms with Gasteiger partial charge in [0.15, 0.2) is 0 Å². The molecular weight excluding hydrogens is 398 g/mol. The van der Waals surface area contributed by atoms with Crippen molar-refractivity contribution in [2.45, 2.75) is 29.9 Å². The van der Waals surface area contributed by atoms with Crippen LogP contribution in [0.1, 0.15) is 23.6 Å². The maximum absolute atomic E-state index is 13.2. The quantitative estimate of drug-likeness (QED) is 0.744. The maximum atomic E-state index is 13.2. The Hall–Kier alpha value is -2.35. The Morgan fingerprint density at radius 3 is 2.83 bits per heavy atom. The van der Waals surface area contributed by atoms with Gasteiger partial charge in [0.25, 0.3) is 0 Å². The summed E-state index contributed by atoms with van der Waals surface area (Å²) in [4.78, 5) is 29.9. The fourth-order valence-electron chi connectivity index (χ4n) is 4.06. The van der Waals surface area contributed by atoms with Crippen LogP contribution in [0.5, 0.6) is 0 Å². The molecule has 2 aromatic carbocycles. The summed E-state index contributed by atoms with van der Waals surface area (Å²) in [5.74, 6) is 0.446. The number of nitrogens with one attached hydrogen (secondary N) is 1. The van der Waals surface area contributed by atoms with Gasteiger partial charge in [-0.25, -0.2) is 0 Å². The zero-order chi connectivity index (χ0) is 21.1. The van der Waals surface area contributed by atoms with Crippen molar-refractivity contribution in [1.82, 2.24) is 9.80 Å². The normalized spacial score (nSPS) is 19.8.